The lowest BCUT2D eigenvalue weighted by molar-refractivity contribution is -0.139. The van der Waals surface area contributed by atoms with Crippen LogP contribution < -0.4 is 5.32 Å². The topological polar surface area (TPSA) is 49.3 Å². The van der Waals surface area contributed by atoms with Crippen molar-refractivity contribution in [1.29, 1.82) is 0 Å². The summed E-state index contributed by atoms with van der Waals surface area (Å²) >= 11 is 0. The minimum Gasteiger partial charge on any atom is -0.481 e. The van der Waals surface area contributed by atoms with Gasteiger partial charge in [-0.2, -0.15) is 0 Å². The van der Waals surface area contributed by atoms with E-state index in [0.717, 1.165) is 25.9 Å². The van der Waals surface area contributed by atoms with Crippen molar-refractivity contribution in [3.05, 3.63) is 0 Å². The molecule has 1 aliphatic heterocycles. The molecule has 2 N–H and O–H groups in total. The fourth-order valence-corrected chi connectivity index (χ4v) is 1.57. The van der Waals surface area contributed by atoms with Crippen LogP contribution in [0.2, 0.25) is 0 Å². The van der Waals surface area contributed by atoms with Crippen LogP contribution in [0.3, 0.4) is 0 Å². The SMILES string of the molecule is CC1(CC(=O)O)CCNCC1. The number of carboxylic acids is 1. The van der Waals surface area contributed by atoms with Gasteiger partial charge in [-0.05, 0) is 31.3 Å². The van der Waals surface area contributed by atoms with Gasteiger partial charge in [0.05, 0.1) is 6.42 Å². The van der Waals surface area contributed by atoms with E-state index in [2.05, 4.69) is 12.2 Å². The Kier molecular flexibility index (Phi) is 2.49. The molecule has 0 amide bonds. The molecule has 0 radical (unpaired) electrons. The molecule has 0 atom stereocenters. The molecule has 1 aliphatic rings. The normalized spacial score (nSPS) is 23.0. The second-order valence-corrected chi connectivity index (χ2v) is 3.63. The number of carboxylic acid groups (broad SMARTS) is 1. The van der Waals surface area contributed by atoms with Crippen molar-refractivity contribution in [2.75, 3.05) is 13.1 Å². The molecule has 1 saturated heterocycles. The van der Waals surface area contributed by atoms with Crippen molar-refractivity contribution < 1.29 is 9.90 Å². The minimum atomic E-state index is -0.672. The first kappa shape index (κ1) is 8.53. The van der Waals surface area contributed by atoms with E-state index >= 15 is 0 Å². The Morgan fingerprint density at radius 2 is 2.09 bits per heavy atom. The summed E-state index contributed by atoms with van der Waals surface area (Å²) in [7, 11) is 0. The highest BCUT2D eigenvalue weighted by atomic mass is 16.4. The summed E-state index contributed by atoms with van der Waals surface area (Å²) in [5, 5.41) is 11.8. The zero-order valence-electron chi connectivity index (χ0n) is 6.89. The highest BCUT2D eigenvalue weighted by molar-refractivity contribution is 5.67. The number of hydrogen-bond acceptors (Lipinski definition) is 2. The fraction of sp³-hybridized carbons (Fsp3) is 0.875. The maximum absolute atomic E-state index is 10.5. The molecule has 0 bridgehead atoms. The number of rotatable bonds is 2. The monoisotopic (exact) mass is 157 g/mol. The van der Waals surface area contributed by atoms with Crippen LogP contribution in [0, 0.1) is 5.41 Å². The second-order valence-electron chi connectivity index (χ2n) is 3.63. The third-order valence-electron chi connectivity index (χ3n) is 2.39. The Morgan fingerprint density at radius 3 is 2.55 bits per heavy atom. The van der Waals surface area contributed by atoms with Gasteiger partial charge >= 0.3 is 5.97 Å². The van der Waals surface area contributed by atoms with E-state index < -0.39 is 5.97 Å². The Hall–Kier alpha value is -0.570. The molecule has 0 unspecified atom stereocenters. The molecule has 3 nitrogen and oxygen atoms in total. The Morgan fingerprint density at radius 1 is 1.55 bits per heavy atom. The lowest BCUT2D eigenvalue weighted by Gasteiger charge is -2.32. The Labute approximate surface area is 66.8 Å². The molecule has 0 aromatic carbocycles. The Balaban J connectivity index is 2.43. The standard InChI is InChI=1S/C8H15NO2/c1-8(6-7(10)11)2-4-9-5-3-8/h9H,2-6H2,1H3,(H,10,11). The first-order chi connectivity index (χ1) is 5.12. The zero-order valence-corrected chi connectivity index (χ0v) is 6.89. The summed E-state index contributed by atoms with van der Waals surface area (Å²) < 4.78 is 0. The van der Waals surface area contributed by atoms with Gasteiger partial charge in [0.25, 0.3) is 0 Å². The van der Waals surface area contributed by atoms with E-state index in [-0.39, 0.29) is 5.41 Å². The van der Waals surface area contributed by atoms with Crippen LogP contribution in [-0.2, 0) is 4.79 Å². The summed E-state index contributed by atoms with van der Waals surface area (Å²) in [6, 6.07) is 0. The summed E-state index contributed by atoms with van der Waals surface area (Å²) in [6.07, 6.45) is 2.28. The molecule has 0 aliphatic carbocycles. The highest BCUT2D eigenvalue weighted by Crippen LogP contribution is 2.31. The van der Waals surface area contributed by atoms with E-state index in [1.807, 2.05) is 0 Å². The molecule has 0 saturated carbocycles. The van der Waals surface area contributed by atoms with Crippen molar-refractivity contribution >= 4 is 5.97 Å². The molecule has 1 heterocycles. The molecule has 64 valence electrons. The van der Waals surface area contributed by atoms with Crippen LogP contribution in [0.5, 0.6) is 0 Å². The summed E-state index contributed by atoms with van der Waals surface area (Å²) in [4.78, 5) is 10.5. The van der Waals surface area contributed by atoms with Crippen molar-refractivity contribution in [2.45, 2.75) is 26.2 Å². The predicted octanol–water partition coefficient (Wildman–Crippen LogP) is 0.851. The largest absolute Gasteiger partial charge is 0.481 e. The van der Waals surface area contributed by atoms with Crippen molar-refractivity contribution in [3.63, 3.8) is 0 Å². The second kappa shape index (κ2) is 3.22. The molecule has 1 rings (SSSR count). The lowest BCUT2D eigenvalue weighted by atomic mass is 9.78. The molecule has 0 aromatic rings. The third-order valence-corrected chi connectivity index (χ3v) is 2.39. The van der Waals surface area contributed by atoms with Gasteiger partial charge in [0.15, 0.2) is 0 Å². The molecule has 1 fully saturated rings. The zero-order chi connectivity index (χ0) is 8.32. The van der Waals surface area contributed by atoms with Crippen molar-refractivity contribution in [1.82, 2.24) is 5.32 Å². The predicted molar refractivity (Wildman–Crippen MR) is 42.5 cm³/mol. The average molecular weight is 157 g/mol. The maximum atomic E-state index is 10.5. The van der Waals surface area contributed by atoms with Gasteiger partial charge in [-0.25, -0.2) is 0 Å². The van der Waals surface area contributed by atoms with E-state index in [1.54, 1.807) is 0 Å². The average Bonchev–Trinajstić information content (AvgIpc) is 1.85. The highest BCUT2D eigenvalue weighted by Gasteiger charge is 2.28. The smallest absolute Gasteiger partial charge is 0.303 e. The molecule has 0 aromatic heterocycles. The van der Waals surface area contributed by atoms with Crippen LogP contribution in [0.1, 0.15) is 26.2 Å². The van der Waals surface area contributed by atoms with Crippen LogP contribution in [-0.4, -0.2) is 24.2 Å². The molecular weight excluding hydrogens is 142 g/mol. The number of piperidine rings is 1. The lowest BCUT2D eigenvalue weighted by Crippen LogP contribution is -2.36. The van der Waals surface area contributed by atoms with Gasteiger partial charge in [-0.15, -0.1) is 0 Å². The van der Waals surface area contributed by atoms with E-state index in [9.17, 15) is 4.79 Å². The summed E-state index contributed by atoms with van der Waals surface area (Å²) in [5.41, 5.74) is 0.0388. The van der Waals surface area contributed by atoms with Crippen LogP contribution in [0.25, 0.3) is 0 Å². The fourth-order valence-electron chi connectivity index (χ4n) is 1.57. The van der Waals surface area contributed by atoms with E-state index in [4.69, 9.17) is 5.11 Å². The first-order valence-electron chi connectivity index (χ1n) is 4.05. The number of nitrogens with one attached hydrogen (secondary N) is 1. The van der Waals surface area contributed by atoms with E-state index in [0.29, 0.717) is 6.42 Å². The van der Waals surface area contributed by atoms with E-state index in [1.165, 1.54) is 0 Å². The van der Waals surface area contributed by atoms with Crippen molar-refractivity contribution in [3.8, 4) is 0 Å². The number of carbonyl (C=O) groups is 1. The third kappa shape index (κ3) is 2.50. The quantitative estimate of drug-likeness (QED) is 0.624. The number of hydrogen-bond donors (Lipinski definition) is 2. The maximum Gasteiger partial charge on any atom is 0.303 e. The van der Waals surface area contributed by atoms with Gasteiger partial charge < -0.3 is 10.4 Å². The molecule has 0 spiro atoms. The first-order valence-corrected chi connectivity index (χ1v) is 4.05. The molecule has 3 heteroatoms. The Bertz CT molecular complexity index is 150. The van der Waals surface area contributed by atoms with Gasteiger partial charge in [-0.3, -0.25) is 4.79 Å². The number of aliphatic carboxylic acids is 1. The van der Waals surface area contributed by atoms with Gasteiger partial charge in [0.1, 0.15) is 0 Å². The summed E-state index contributed by atoms with van der Waals surface area (Å²) in [6.45, 7) is 3.98. The van der Waals surface area contributed by atoms with Gasteiger partial charge in [-0.1, -0.05) is 6.92 Å². The van der Waals surface area contributed by atoms with Crippen LogP contribution in [0.4, 0.5) is 0 Å². The van der Waals surface area contributed by atoms with Gasteiger partial charge in [0.2, 0.25) is 0 Å². The minimum absolute atomic E-state index is 0.0388. The van der Waals surface area contributed by atoms with Gasteiger partial charge in [0, 0.05) is 0 Å². The van der Waals surface area contributed by atoms with Crippen LogP contribution in [0.15, 0.2) is 0 Å². The van der Waals surface area contributed by atoms with Crippen molar-refractivity contribution in [2.24, 2.45) is 5.41 Å². The summed E-state index contributed by atoms with van der Waals surface area (Å²) in [5.74, 6) is -0.672. The molecular formula is C8H15NO2. The van der Waals surface area contributed by atoms with Crippen LogP contribution >= 0.6 is 0 Å². The molecule has 11 heavy (non-hydrogen) atoms.